The Hall–Kier alpha value is -1.87. The van der Waals surface area contributed by atoms with Crippen molar-refractivity contribution in [2.45, 2.75) is 0 Å². The Morgan fingerprint density at radius 2 is 2.22 bits per heavy atom. The lowest BCUT2D eigenvalue weighted by molar-refractivity contribution is -0.117. The second-order valence-electron chi connectivity index (χ2n) is 3.30. The summed E-state index contributed by atoms with van der Waals surface area (Å²) in [6, 6.07) is 0. The van der Waals surface area contributed by atoms with Gasteiger partial charge >= 0.3 is 0 Å². The van der Waals surface area contributed by atoms with Crippen molar-refractivity contribution in [2.75, 3.05) is 37.9 Å². The van der Waals surface area contributed by atoms with Crippen LogP contribution in [0, 0.1) is 0 Å². The van der Waals surface area contributed by atoms with E-state index in [4.69, 9.17) is 16.2 Å². The highest BCUT2D eigenvalue weighted by Crippen LogP contribution is 2.24. The summed E-state index contributed by atoms with van der Waals surface area (Å²) in [4.78, 5) is 26.4. The maximum atomic E-state index is 11.6. The van der Waals surface area contributed by atoms with E-state index in [1.54, 1.807) is 7.11 Å². The number of nitrogens with two attached hydrogens (primary N) is 2. The van der Waals surface area contributed by atoms with E-state index in [2.05, 4.69) is 15.6 Å². The molecule has 2 amide bonds. The molecule has 100 valence electrons. The topological polar surface area (TPSA) is 132 Å². The number of rotatable bonds is 7. The van der Waals surface area contributed by atoms with Crippen LogP contribution in [0.4, 0.5) is 10.9 Å². The number of amides is 2. The first-order valence-electron chi connectivity index (χ1n) is 5.10. The maximum absolute atomic E-state index is 11.6. The largest absolute Gasteiger partial charge is 0.383 e. The number of nitrogen functional groups attached to an aromatic ring is 1. The van der Waals surface area contributed by atoms with Gasteiger partial charge in [-0.25, -0.2) is 4.98 Å². The minimum Gasteiger partial charge on any atom is -0.383 e. The van der Waals surface area contributed by atoms with Crippen LogP contribution in [0.5, 0.6) is 0 Å². The fourth-order valence-corrected chi connectivity index (χ4v) is 1.90. The minimum atomic E-state index is -0.620. The Labute approximate surface area is 108 Å². The highest BCUT2D eigenvalue weighted by Gasteiger charge is 2.16. The molecule has 9 heteroatoms. The molecule has 0 aliphatic carbocycles. The van der Waals surface area contributed by atoms with Crippen LogP contribution < -0.4 is 22.1 Å². The van der Waals surface area contributed by atoms with Crippen molar-refractivity contribution < 1.29 is 14.3 Å². The molecule has 0 aromatic carbocycles. The zero-order chi connectivity index (χ0) is 13.5. The fraction of sp³-hybridized carbons (Fsp3) is 0.444. The number of thiazole rings is 1. The van der Waals surface area contributed by atoms with Crippen LogP contribution in [-0.4, -0.2) is 43.6 Å². The van der Waals surface area contributed by atoms with Gasteiger partial charge in [0.2, 0.25) is 5.91 Å². The molecule has 0 saturated carbocycles. The van der Waals surface area contributed by atoms with Crippen molar-refractivity contribution >= 4 is 34.1 Å². The zero-order valence-corrected chi connectivity index (χ0v) is 10.7. The Morgan fingerprint density at radius 1 is 1.50 bits per heavy atom. The summed E-state index contributed by atoms with van der Waals surface area (Å²) in [5.74, 6) is -0.977. The molecular weight excluding hydrogens is 258 g/mol. The average Bonchev–Trinajstić information content (AvgIpc) is 2.68. The quantitative estimate of drug-likeness (QED) is 0.471. The summed E-state index contributed by atoms with van der Waals surface area (Å²) in [6.07, 6.45) is 0. The van der Waals surface area contributed by atoms with Crippen LogP contribution >= 0.6 is 11.3 Å². The summed E-state index contributed by atoms with van der Waals surface area (Å²) >= 11 is 1.10. The Balaban J connectivity index is 2.60. The van der Waals surface area contributed by atoms with Crippen LogP contribution in [0.3, 0.4) is 0 Å². The number of carbonyl (C=O) groups excluding carboxylic acids is 2. The van der Waals surface area contributed by atoms with Crippen molar-refractivity contribution in [1.29, 1.82) is 0 Å². The molecule has 1 aromatic heterocycles. The summed E-state index contributed by atoms with van der Waals surface area (Å²) in [7, 11) is 1.58. The van der Waals surface area contributed by atoms with Gasteiger partial charge in [0, 0.05) is 13.7 Å². The summed E-state index contributed by atoms with van der Waals surface area (Å²) in [5, 5.41) is 5.82. The third-order valence-corrected chi connectivity index (χ3v) is 2.89. The Morgan fingerprint density at radius 3 is 2.83 bits per heavy atom. The Bertz CT molecular complexity index is 434. The minimum absolute atomic E-state index is 0.113. The van der Waals surface area contributed by atoms with Crippen LogP contribution in [0.15, 0.2) is 0 Å². The predicted octanol–water partition coefficient (Wildman–Crippen LogP) is -1.00. The predicted molar refractivity (Wildman–Crippen MR) is 68.4 cm³/mol. The van der Waals surface area contributed by atoms with Crippen LogP contribution in [0.1, 0.15) is 9.67 Å². The second kappa shape index (κ2) is 6.77. The molecule has 1 rings (SSSR count). The summed E-state index contributed by atoms with van der Waals surface area (Å²) < 4.78 is 4.87. The fourth-order valence-electron chi connectivity index (χ4n) is 1.08. The van der Waals surface area contributed by atoms with Gasteiger partial charge in [-0.3, -0.25) is 9.59 Å². The molecule has 1 heterocycles. The normalized spacial score (nSPS) is 10.1. The Kier molecular flexibility index (Phi) is 5.33. The third kappa shape index (κ3) is 4.18. The first-order chi connectivity index (χ1) is 8.54. The molecule has 0 saturated heterocycles. The van der Waals surface area contributed by atoms with Gasteiger partial charge in [0.05, 0.1) is 13.2 Å². The number of ether oxygens (including phenoxy) is 1. The lowest BCUT2D eigenvalue weighted by Gasteiger charge is -2.00. The van der Waals surface area contributed by atoms with Crippen molar-refractivity contribution in [1.82, 2.24) is 10.3 Å². The highest BCUT2D eigenvalue weighted by atomic mass is 32.1. The van der Waals surface area contributed by atoms with Gasteiger partial charge in [0.25, 0.3) is 5.91 Å². The third-order valence-electron chi connectivity index (χ3n) is 1.87. The van der Waals surface area contributed by atoms with Crippen LogP contribution in [-0.2, 0) is 9.53 Å². The second-order valence-corrected chi connectivity index (χ2v) is 4.30. The molecule has 0 aliphatic rings. The monoisotopic (exact) mass is 273 g/mol. The number of nitrogens with one attached hydrogen (secondary N) is 2. The van der Waals surface area contributed by atoms with Gasteiger partial charge in [-0.05, 0) is 0 Å². The zero-order valence-electron chi connectivity index (χ0n) is 9.86. The molecule has 0 unspecified atom stereocenters. The first kappa shape index (κ1) is 14.2. The number of nitrogens with zero attached hydrogens (tertiary/aromatic N) is 1. The molecule has 0 spiro atoms. The van der Waals surface area contributed by atoms with E-state index in [1.165, 1.54) is 0 Å². The standard InChI is InChI=1S/C9H15N5O3S/c1-17-3-2-12-9-14-7(11)6(18-9)8(16)13-4-5(10)15/h2-4,11H2,1H3,(H2,10,15)(H,12,14)(H,13,16). The van der Waals surface area contributed by atoms with Crippen molar-refractivity contribution in [3.63, 3.8) is 0 Å². The van der Waals surface area contributed by atoms with E-state index in [1.807, 2.05) is 0 Å². The van der Waals surface area contributed by atoms with Crippen molar-refractivity contribution in [2.24, 2.45) is 5.73 Å². The first-order valence-corrected chi connectivity index (χ1v) is 5.92. The van der Waals surface area contributed by atoms with E-state index in [0.717, 1.165) is 11.3 Å². The van der Waals surface area contributed by atoms with E-state index in [0.29, 0.717) is 18.3 Å². The number of hydrogen-bond donors (Lipinski definition) is 4. The SMILES string of the molecule is COCCNc1nc(N)c(C(=O)NCC(N)=O)s1. The average molecular weight is 273 g/mol. The number of hydrogen-bond acceptors (Lipinski definition) is 7. The lowest BCUT2D eigenvalue weighted by Crippen LogP contribution is -2.33. The van der Waals surface area contributed by atoms with Gasteiger partial charge in [0.15, 0.2) is 5.13 Å². The molecule has 8 nitrogen and oxygen atoms in total. The molecule has 1 aromatic rings. The molecule has 0 fully saturated rings. The van der Waals surface area contributed by atoms with Gasteiger partial charge in [-0.2, -0.15) is 0 Å². The molecular formula is C9H15N5O3S. The number of anilines is 2. The van der Waals surface area contributed by atoms with Gasteiger partial charge in [-0.15, -0.1) is 0 Å². The molecule has 18 heavy (non-hydrogen) atoms. The lowest BCUT2D eigenvalue weighted by atomic mass is 10.4. The molecule has 0 radical (unpaired) electrons. The van der Waals surface area contributed by atoms with Gasteiger partial charge < -0.3 is 26.8 Å². The highest BCUT2D eigenvalue weighted by molar-refractivity contribution is 7.18. The smallest absolute Gasteiger partial charge is 0.265 e. The number of aromatic nitrogens is 1. The number of methoxy groups -OCH3 is 1. The van der Waals surface area contributed by atoms with Gasteiger partial charge in [0.1, 0.15) is 10.7 Å². The molecule has 0 aliphatic heterocycles. The van der Waals surface area contributed by atoms with E-state index < -0.39 is 11.8 Å². The van der Waals surface area contributed by atoms with E-state index >= 15 is 0 Å². The van der Waals surface area contributed by atoms with Crippen LogP contribution in [0.25, 0.3) is 0 Å². The summed E-state index contributed by atoms with van der Waals surface area (Å²) in [5.41, 5.74) is 10.5. The van der Waals surface area contributed by atoms with Gasteiger partial charge in [-0.1, -0.05) is 11.3 Å². The maximum Gasteiger partial charge on any atom is 0.265 e. The summed E-state index contributed by atoms with van der Waals surface area (Å²) in [6.45, 7) is 0.844. The van der Waals surface area contributed by atoms with Crippen LogP contribution in [0.2, 0.25) is 0 Å². The molecule has 0 bridgehead atoms. The van der Waals surface area contributed by atoms with E-state index in [9.17, 15) is 9.59 Å². The van der Waals surface area contributed by atoms with Crippen molar-refractivity contribution in [3.8, 4) is 0 Å². The van der Waals surface area contributed by atoms with Crippen molar-refractivity contribution in [3.05, 3.63) is 4.88 Å². The number of carbonyl (C=O) groups is 2. The van der Waals surface area contributed by atoms with E-state index in [-0.39, 0.29) is 17.2 Å². The number of primary amides is 1. The molecule has 6 N–H and O–H groups in total. The molecule has 0 atom stereocenters.